The number of unbranched alkanes of at least 4 members (excludes halogenated alkanes) is 4. The lowest BCUT2D eigenvalue weighted by Crippen LogP contribution is -2.58. The van der Waals surface area contributed by atoms with Gasteiger partial charge in [0.2, 0.25) is 18.1 Å². The van der Waals surface area contributed by atoms with Crippen molar-refractivity contribution in [2.75, 3.05) is 26.4 Å². The first-order chi connectivity index (χ1) is 24.8. The molecule has 0 aliphatic rings. The third-order valence-electron chi connectivity index (χ3n) is 9.47. The first kappa shape index (κ1) is 40.2. The normalized spacial score (nSPS) is 11.3. The quantitative estimate of drug-likeness (QED) is 0.0607. The standard InChI is InChI=1S/C44H62O5Si2/c1-9-13-25-45-37-21-17-33(5)41(29-37)50(42-30-38(22-18-34(42)6)46-26-14-10-2)49-51(43-31-39(23-19-35(43)7)47-27-15-11-3)44-32-40(24-20-36(44)8)48-28-16-12-4/h17-24,29-32,50-51H,9-16,25-28H2,1-8H3. The van der Waals surface area contributed by atoms with Crippen LogP contribution in [0.2, 0.25) is 0 Å². The highest BCUT2D eigenvalue weighted by Gasteiger charge is 2.31. The average Bonchev–Trinajstić information content (AvgIpc) is 3.13. The first-order valence-electron chi connectivity index (χ1n) is 19.4. The smallest absolute Gasteiger partial charge is 0.229 e. The van der Waals surface area contributed by atoms with E-state index in [1.54, 1.807) is 0 Å². The van der Waals surface area contributed by atoms with E-state index < -0.39 is 18.1 Å². The maximum Gasteiger partial charge on any atom is 0.229 e. The zero-order valence-electron chi connectivity index (χ0n) is 32.6. The van der Waals surface area contributed by atoms with E-state index in [0.29, 0.717) is 26.4 Å². The van der Waals surface area contributed by atoms with Crippen LogP contribution < -0.4 is 39.7 Å². The van der Waals surface area contributed by atoms with Gasteiger partial charge in [-0.1, -0.05) is 77.6 Å². The summed E-state index contributed by atoms with van der Waals surface area (Å²) < 4.78 is 33.1. The van der Waals surface area contributed by atoms with Crippen molar-refractivity contribution in [2.45, 2.75) is 107 Å². The minimum Gasteiger partial charge on any atom is -0.494 e. The molecular formula is C44H62O5Si2. The number of benzene rings is 4. The molecule has 0 amide bonds. The Bertz CT molecular complexity index is 1420. The second kappa shape index (κ2) is 21.1. The Morgan fingerprint density at radius 3 is 0.824 bits per heavy atom. The lowest BCUT2D eigenvalue weighted by molar-refractivity contribution is 0.309. The molecule has 5 nitrogen and oxygen atoms in total. The van der Waals surface area contributed by atoms with E-state index in [4.69, 9.17) is 23.1 Å². The molecule has 0 radical (unpaired) electrons. The molecule has 51 heavy (non-hydrogen) atoms. The number of rotatable bonds is 22. The van der Waals surface area contributed by atoms with Gasteiger partial charge in [-0.25, -0.2) is 0 Å². The Labute approximate surface area is 312 Å². The minimum atomic E-state index is -2.37. The molecule has 0 aromatic heterocycles. The van der Waals surface area contributed by atoms with Gasteiger partial charge < -0.3 is 23.1 Å². The predicted molar refractivity (Wildman–Crippen MR) is 220 cm³/mol. The highest BCUT2D eigenvalue weighted by Crippen LogP contribution is 2.20. The van der Waals surface area contributed by atoms with Crippen LogP contribution in [0.3, 0.4) is 0 Å². The summed E-state index contributed by atoms with van der Waals surface area (Å²) in [7, 11) is -4.74. The van der Waals surface area contributed by atoms with E-state index in [-0.39, 0.29) is 0 Å². The van der Waals surface area contributed by atoms with E-state index in [1.807, 2.05) is 0 Å². The Kier molecular flexibility index (Phi) is 16.7. The van der Waals surface area contributed by atoms with Gasteiger partial charge in [0, 0.05) is 0 Å². The van der Waals surface area contributed by atoms with Crippen molar-refractivity contribution < 1.29 is 23.1 Å². The molecule has 0 saturated heterocycles. The van der Waals surface area contributed by atoms with Crippen molar-refractivity contribution in [3.8, 4) is 23.0 Å². The lowest BCUT2D eigenvalue weighted by atomic mass is 10.2. The summed E-state index contributed by atoms with van der Waals surface area (Å²) in [5.41, 5.74) is 4.89. The summed E-state index contributed by atoms with van der Waals surface area (Å²) in [6.07, 6.45) is 8.48. The fourth-order valence-electron chi connectivity index (χ4n) is 6.07. The second-order valence-corrected chi connectivity index (χ2v) is 18.9. The van der Waals surface area contributed by atoms with E-state index in [1.165, 1.54) is 43.0 Å². The maximum absolute atomic E-state index is 7.90. The number of hydrogen-bond acceptors (Lipinski definition) is 5. The summed E-state index contributed by atoms with van der Waals surface area (Å²) in [5.74, 6) is 3.62. The highest BCUT2D eigenvalue weighted by atomic mass is 28.4. The van der Waals surface area contributed by atoms with Crippen LogP contribution in [0.1, 0.15) is 101 Å². The second-order valence-electron chi connectivity index (χ2n) is 13.8. The topological polar surface area (TPSA) is 46.2 Å². The minimum absolute atomic E-state index is 0.706. The number of ether oxygens (including phenoxy) is 4. The van der Waals surface area contributed by atoms with Crippen molar-refractivity contribution >= 4 is 38.8 Å². The molecule has 0 unspecified atom stereocenters. The SMILES string of the molecule is CCCCOc1ccc(C)c([SiH](O[SiH](c2cc(OCCCC)ccc2C)c2cc(OCCCC)ccc2C)c2cc(OCCCC)ccc2C)c1. The Morgan fingerprint density at radius 2 is 0.608 bits per heavy atom. The van der Waals surface area contributed by atoms with Gasteiger partial charge in [0.1, 0.15) is 23.0 Å². The molecule has 0 fully saturated rings. The van der Waals surface area contributed by atoms with Gasteiger partial charge in [-0.15, -0.1) is 0 Å². The zero-order chi connectivity index (χ0) is 36.6. The van der Waals surface area contributed by atoms with E-state index in [0.717, 1.165) is 74.4 Å². The molecule has 0 heterocycles. The molecular weight excluding hydrogens is 665 g/mol. The molecule has 7 heteroatoms. The van der Waals surface area contributed by atoms with Gasteiger partial charge in [-0.2, -0.15) is 0 Å². The molecule has 276 valence electrons. The van der Waals surface area contributed by atoms with Gasteiger partial charge >= 0.3 is 0 Å². The molecule has 0 saturated carbocycles. The molecule has 0 bridgehead atoms. The van der Waals surface area contributed by atoms with Crippen molar-refractivity contribution in [1.82, 2.24) is 0 Å². The molecule has 0 atom stereocenters. The van der Waals surface area contributed by atoms with Gasteiger partial charge in [-0.3, -0.25) is 0 Å². The fraction of sp³-hybridized carbons (Fsp3) is 0.455. The van der Waals surface area contributed by atoms with E-state index >= 15 is 0 Å². The molecule has 4 aromatic carbocycles. The summed E-state index contributed by atoms with van der Waals surface area (Å²) in [4.78, 5) is 0. The van der Waals surface area contributed by atoms with Crippen molar-refractivity contribution in [3.05, 3.63) is 95.1 Å². The highest BCUT2D eigenvalue weighted by molar-refractivity contribution is 6.92. The summed E-state index contributed by atoms with van der Waals surface area (Å²) >= 11 is 0. The fourth-order valence-corrected chi connectivity index (χ4v) is 13.5. The molecule has 0 aliphatic carbocycles. The van der Waals surface area contributed by atoms with Gasteiger partial charge in [-0.05, 0) is 145 Å². The maximum atomic E-state index is 7.90. The Balaban J connectivity index is 1.92. The molecule has 4 rings (SSSR count). The van der Waals surface area contributed by atoms with Crippen LogP contribution in [0.25, 0.3) is 0 Å². The average molecular weight is 727 g/mol. The third kappa shape index (κ3) is 11.7. The predicted octanol–water partition coefficient (Wildman–Crippen LogP) is 8.03. The van der Waals surface area contributed by atoms with Crippen LogP contribution in [0.5, 0.6) is 23.0 Å². The van der Waals surface area contributed by atoms with E-state index in [2.05, 4.69) is 128 Å². The Hall–Kier alpha value is -3.53. The molecule has 0 aliphatic heterocycles. The third-order valence-corrected chi connectivity index (χ3v) is 16.4. The van der Waals surface area contributed by atoms with Crippen LogP contribution in [0, 0.1) is 27.7 Å². The molecule has 0 N–H and O–H groups in total. The van der Waals surface area contributed by atoms with Crippen molar-refractivity contribution in [1.29, 1.82) is 0 Å². The molecule has 4 aromatic rings. The largest absolute Gasteiger partial charge is 0.494 e. The summed E-state index contributed by atoms with van der Waals surface area (Å²) in [6.45, 7) is 20.5. The van der Waals surface area contributed by atoms with Gasteiger partial charge in [0.25, 0.3) is 0 Å². The van der Waals surface area contributed by atoms with Crippen molar-refractivity contribution in [2.24, 2.45) is 0 Å². The Morgan fingerprint density at radius 1 is 0.373 bits per heavy atom. The number of hydrogen-bond donors (Lipinski definition) is 0. The molecule has 0 spiro atoms. The lowest BCUT2D eigenvalue weighted by Gasteiger charge is -2.29. The zero-order valence-corrected chi connectivity index (χ0v) is 34.9. The van der Waals surface area contributed by atoms with Crippen molar-refractivity contribution in [3.63, 3.8) is 0 Å². The van der Waals surface area contributed by atoms with Crippen LogP contribution in [0.4, 0.5) is 0 Å². The van der Waals surface area contributed by atoms with E-state index in [9.17, 15) is 0 Å². The van der Waals surface area contributed by atoms with Crippen LogP contribution in [0.15, 0.2) is 72.8 Å². The summed E-state index contributed by atoms with van der Waals surface area (Å²) in [5, 5.41) is 4.99. The van der Waals surface area contributed by atoms with Crippen LogP contribution >= 0.6 is 0 Å². The van der Waals surface area contributed by atoms with Crippen LogP contribution in [-0.2, 0) is 4.12 Å². The summed E-state index contributed by atoms with van der Waals surface area (Å²) in [6, 6.07) is 26.3. The monoisotopic (exact) mass is 726 g/mol. The van der Waals surface area contributed by atoms with Gasteiger partial charge in [0.15, 0.2) is 0 Å². The van der Waals surface area contributed by atoms with Crippen LogP contribution in [-0.4, -0.2) is 44.5 Å². The van der Waals surface area contributed by atoms with Gasteiger partial charge in [0.05, 0.1) is 26.4 Å². The number of aryl methyl sites for hydroxylation is 4. The first-order valence-corrected chi connectivity index (χ1v) is 22.6.